The van der Waals surface area contributed by atoms with Crippen molar-refractivity contribution in [1.82, 2.24) is 40.7 Å². The number of aliphatic hydroxyl groups excluding tert-OH is 1. The summed E-state index contributed by atoms with van der Waals surface area (Å²) in [5, 5.41) is 42.1. The Morgan fingerprint density at radius 1 is 1.03 bits per heavy atom. The molecule has 20 heteroatoms. The van der Waals surface area contributed by atoms with Crippen LogP contribution in [0.4, 0.5) is 10.2 Å². The normalized spacial score (nSPS) is 19.3. The molecule has 5 heterocycles. The van der Waals surface area contributed by atoms with Crippen LogP contribution in [0.5, 0.6) is 11.8 Å². The summed E-state index contributed by atoms with van der Waals surface area (Å²) < 4.78 is 29.2. The number of hydrogen-bond donors (Lipinski definition) is 5. The van der Waals surface area contributed by atoms with E-state index in [0.29, 0.717) is 54.9 Å². The summed E-state index contributed by atoms with van der Waals surface area (Å²) in [5.41, 5.74) is 4.52. The molecule has 406 valence electrons. The molecule has 4 aromatic carbocycles. The number of thiazole rings is 1. The minimum Gasteiger partial charge on any atom is -0.508 e. The van der Waals surface area contributed by atoms with Gasteiger partial charge in [0.15, 0.2) is 5.82 Å². The van der Waals surface area contributed by atoms with Crippen LogP contribution in [-0.4, -0.2) is 143 Å². The highest BCUT2D eigenvalue weighted by Gasteiger charge is 2.45. The van der Waals surface area contributed by atoms with Gasteiger partial charge in [-0.05, 0) is 96.8 Å². The van der Waals surface area contributed by atoms with Gasteiger partial charge in [-0.25, -0.2) is 9.37 Å². The molecule has 3 saturated heterocycles. The van der Waals surface area contributed by atoms with Gasteiger partial charge in [-0.2, -0.15) is 15.2 Å². The Labute approximate surface area is 456 Å². The van der Waals surface area contributed by atoms with Gasteiger partial charge in [-0.1, -0.05) is 80.9 Å². The molecule has 0 bridgehead atoms. The molecule has 17 nitrogen and oxygen atoms in total. The zero-order chi connectivity index (χ0) is 54.5. The van der Waals surface area contributed by atoms with E-state index in [0.717, 1.165) is 53.0 Å². The Balaban J connectivity index is 0.777. The molecule has 0 saturated carbocycles. The lowest BCUT2D eigenvalue weighted by atomic mass is 9.85. The molecule has 3 amide bonds. The largest absolute Gasteiger partial charge is 0.508 e. The zero-order valence-corrected chi connectivity index (χ0v) is 45.6. The molecule has 3 aliphatic rings. The Morgan fingerprint density at radius 3 is 2.52 bits per heavy atom. The lowest BCUT2D eigenvalue weighted by Crippen LogP contribution is -2.58. The van der Waals surface area contributed by atoms with Crippen LogP contribution in [0.1, 0.15) is 70.7 Å². The number of amides is 3. The van der Waals surface area contributed by atoms with Crippen molar-refractivity contribution in [2.24, 2.45) is 11.3 Å². The van der Waals surface area contributed by atoms with Crippen LogP contribution in [-0.2, 0) is 19.1 Å². The molecule has 3 aliphatic heterocycles. The third-order valence-electron chi connectivity index (χ3n) is 14.8. The SMILES string of the molecule is Cc1ncsc1-c1ccc([C@H](C)NC(=O)[C@@H]2C[C@@H](O)CN2C(=O)[C@@H](NC(=O)COCC2CCN(CCOc3nc(N4CCN[C@@H](CC#N)C4)c4cc(Cl)c(-c5cc(O)cc6ccccc56)c(F)c4n3)CC2)C(C)(C)C)cc1. The summed E-state index contributed by atoms with van der Waals surface area (Å²) in [6.45, 7) is 13.3. The fourth-order valence-corrected chi connectivity index (χ4v) is 11.8. The molecule has 0 aliphatic carbocycles. The maximum absolute atomic E-state index is 17.1. The Hall–Kier alpha value is -6.53. The highest BCUT2D eigenvalue weighted by molar-refractivity contribution is 7.13. The minimum atomic E-state index is -0.985. The predicted molar refractivity (Wildman–Crippen MR) is 295 cm³/mol. The Kier molecular flexibility index (Phi) is 17.2. The van der Waals surface area contributed by atoms with Crippen molar-refractivity contribution >= 4 is 68.2 Å². The topological polar surface area (TPSA) is 218 Å². The van der Waals surface area contributed by atoms with Crippen LogP contribution in [0.3, 0.4) is 0 Å². The summed E-state index contributed by atoms with van der Waals surface area (Å²) in [5.74, 6) is -1.34. The van der Waals surface area contributed by atoms with E-state index >= 15 is 4.39 Å². The van der Waals surface area contributed by atoms with E-state index in [1.807, 2.05) is 93.6 Å². The molecule has 9 rings (SSSR count). The molecular weight excluding hydrogens is 1020 g/mol. The predicted octanol–water partition coefficient (Wildman–Crippen LogP) is 7.55. The number of benzene rings is 4. The van der Waals surface area contributed by atoms with E-state index in [-0.39, 0.29) is 84.4 Å². The third-order valence-corrected chi connectivity index (χ3v) is 16.1. The average Bonchev–Trinajstić information content (AvgIpc) is 4.07. The number of nitriles is 1. The van der Waals surface area contributed by atoms with Gasteiger partial charge in [0.2, 0.25) is 17.7 Å². The highest BCUT2D eigenvalue weighted by atomic mass is 35.5. The second kappa shape index (κ2) is 24.0. The number of phenolic OH excluding ortho intramolecular Hbond substituents is 1. The number of fused-ring (bicyclic) bond motifs is 2. The van der Waals surface area contributed by atoms with E-state index in [1.54, 1.807) is 23.5 Å². The Bertz CT molecular complexity index is 3160. The number of aryl methyl sites for hydroxylation is 1. The van der Waals surface area contributed by atoms with Crippen LogP contribution < -0.4 is 25.6 Å². The number of piperidine rings is 1. The van der Waals surface area contributed by atoms with E-state index < -0.39 is 41.2 Å². The van der Waals surface area contributed by atoms with E-state index in [9.17, 15) is 29.9 Å². The number of ether oxygens (including phenoxy) is 2. The molecule has 0 unspecified atom stereocenters. The van der Waals surface area contributed by atoms with Gasteiger partial charge in [0.1, 0.15) is 42.4 Å². The van der Waals surface area contributed by atoms with Crippen molar-refractivity contribution in [2.75, 3.05) is 70.5 Å². The number of aromatic hydroxyl groups is 1. The number of piperazine rings is 1. The van der Waals surface area contributed by atoms with Gasteiger partial charge < -0.3 is 45.4 Å². The molecule has 3 fully saturated rings. The number of aromatic nitrogens is 3. The highest BCUT2D eigenvalue weighted by Crippen LogP contribution is 2.43. The number of nitrogens with zero attached hydrogens (tertiary/aromatic N) is 7. The standard InChI is InChI=1S/C57H66ClFN10O7S/c1-33(36-10-12-37(13-11-36)51-34(2)62-32-77-51)63-54(73)46-26-41(71)29-69(46)55(74)52(57(3,4)5)64-47(72)31-75-30-35-15-19-67(20-16-35)22-23-76-56-65-50-44(53(66-56)68-21-18-61-39(28-68)14-17-60)27-45(58)48(49(50)59)43-25-40(70)24-38-8-6-7-9-42(38)43/h6-13,24-25,27,32-33,35,39,41,46,52,61,70-71H,14-16,18-23,26,28-31H2,1-5H3,(H,63,73)(H,64,72)/t33-,39-,41+,46-,52+/m0/s1. The summed E-state index contributed by atoms with van der Waals surface area (Å²) >= 11 is 8.49. The molecule has 5 N–H and O–H groups in total. The average molecular weight is 1090 g/mol. The second-order valence-electron chi connectivity index (χ2n) is 21.5. The molecule has 2 aromatic heterocycles. The number of nitrogens with one attached hydrogen (secondary N) is 3. The first-order valence-corrected chi connectivity index (χ1v) is 27.5. The van der Waals surface area contributed by atoms with E-state index in [2.05, 4.69) is 36.9 Å². The maximum atomic E-state index is 17.1. The lowest BCUT2D eigenvalue weighted by Gasteiger charge is -2.35. The number of anilines is 1. The van der Waals surface area contributed by atoms with Crippen LogP contribution in [0.15, 0.2) is 72.2 Å². The van der Waals surface area contributed by atoms with Crippen molar-refractivity contribution in [3.05, 3.63) is 94.3 Å². The Morgan fingerprint density at radius 2 is 1.79 bits per heavy atom. The number of phenols is 1. The molecular formula is C57H66ClFN10O7S. The molecule has 5 atom stereocenters. The summed E-state index contributed by atoms with van der Waals surface area (Å²) in [6, 6.07) is 19.9. The first kappa shape index (κ1) is 55.2. The first-order valence-electron chi connectivity index (χ1n) is 26.2. The van der Waals surface area contributed by atoms with Gasteiger partial charge in [-0.3, -0.25) is 19.3 Å². The minimum absolute atomic E-state index is 0.00182. The zero-order valence-electron chi connectivity index (χ0n) is 44.0. The number of β-amino-alcohol motifs (C(OH)–C–C–N with tert-alkyl or cyclic N) is 1. The van der Waals surface area contributed by atoms with Gasteiger partial charge in [0, 0.05) is 56.1 Å². The van der Waals surface area contributed by atoms with Gasteiger partial charge in [0.25, 0.3) is 0 Å². The van der Waals surface area contributed by atoms with Crippen LogP contribution in [0, 0.1) is 35.4 Å². The van der Waals surface area contributed by atoms with Gasteiger partial charge in [0.05, 0.1) is 52.3 Å². The van der Waals surface area contributed by atoms with Crippen molar-refractivity contribution in [1.29, 1.82) is 5.26 Å². The molecule has 6 aromatic rings. The van der Waals surface area contributed by atoms with Crippen molar-refractivity contribution in [2.45, 2.75) is 90.6 Å². The number of halogens is 2. The summed E-state index contributed by atoms with van der Waals surface area (Å²) in [6.07, 6.45) is 1.09. The smallest absolute Gasteiger partial charge is 0.319 e. The molecule has 0 spiro atoms. The number of aliphatic hydroxyl groups is 1. The van der Waals surface area contributed by atoms with Crippen LogP contribution in [0.25, 0.3) is 43.2 Å². The third kappa shape index (κ3) is 12.8. The number of hydrogen-bond acceptors (Lipinski definition) is 15. The molecule has 0 radical (unpaired) electrons. The first-order chi connectivity index (χ1) is 36.9. The van der Waals surface area contributed by atoms with E-state index in [4.69, 9.17) is 26.1 Å². The lowest BCUT2D eigenvalue weighted by molar-refractivity contribution is -0.144. The van der Waals surface area contributed by atoms with Crippen LogP contribution in [0.2, 0.25) is 5.02 Å². The quantitative estimate of drug-likeness (QED) is 0.0596. The van der Waals surface area contributed by atoms with Gasteiger partial charge >= 0.3 is 6.01 Å². The number of rotatable bonds is 17. The molecule has 77 heavy (non-hydrogen) atoms. The second-order valence-corrected chi connectivity index (χ2v) is 22.7. The van der Waals surface area contributed by atoms with Gasteiger partial charge in [-0.15, -0.1) is 11.3 Å². The van der Waals surface area contributed by atoms with Crippen molar-refractivity contribution < 1.29 is 38.5 Å². The van der Waals surface area contributed by atoms with E-state index in [1.165, 1.54) is 11.0 Å². The van der Waals surface area contributed by atoms with Crippen LogP contribution >= 0.6 is 22.9 Å². The van der Waals surface area contributed by atoms with Crippen molar-refractivity contribution in [3.63, 3.8) is 0 Å². The summed E-state index contributed by atoms with van der Waals surface area (Å²) in [4.78, 5) is 61.9. The number of carbonyl (C=O) groups is 3. The fourth-order valence-electron chi connectivity index (χ4n) is 10.7. The van der Waals surface area contributed by atoms with Crippen molar-refractivity contribution in [3.8, 4) is 39.4 Å². The number of carbonyl (C=O) groups excluding carboxylic acids is 3. The fraction of sp³-hybridized carbons (Fsp3) is 0.456. The monoisotopic (exact) mass is 1090 g/mol. The number of likely N-dealkylation sites (tertiary alicyclic amines) is 2. The maximum Gasteiger partial charge on any atom is 0.319 e. The summed E-state index contributed by atoms with van der Waals surface area (Å²) in [7, 11) is 0.